The quantitative estimate of drug-likeness (QED) is 0.531. The van der Waals surface area contributed by atoms with Gasteiger partial charge in [-0.05, 0) is 28.1 Å². The first-order chi connectivity index (χ1) is 12.6. The molecule has 0 spiro atoms. The summed E-state index contributed by atoms with van der Waals surface area (Å²) in [4.78, 5) is 19.7. The number of nitrogens with one attached hydrogen (secondary N) is 2. The molecule has 1 aromatic carbocycles. The fraction of sp³-hybridized carbons (Fsp3) is 0.0556. The molecule has 2 N–H and O–H groups in total. The number of amides is 1. The van der Waals surface area contributed by atoms with Crippen molar-refractivity contribution in [1.82, 2.24) is 19.7 Å². The summed E-state index contributed by atoms with van der Waals surface area (Å²) < 4.78 is 16.1. The van der Waals surface area contributed by atoms with Gasteiger partial charge in [-0.3, -0.25) is 9.48 Å². The second-order valence-corrected chi connectivity index (χ2v) is 6.64. The zero-order valence-electron chi connectivity index (χ0n) is 13.4. The summed E-state index contributed by atoms with van der Waals surface area (Å²) in [5.74, 6) is -0.600. The summed E-state index contributed by atoms with van der Waals surface area (Å²) in [5, 5.41) is 7.78. The molecule has 0 atom stereocenters. The molecule has 0 aliphatic heterocycles. The Hall–Kier alpha value is -3.00. The molecule has 1 amide bonds. The maximum Gasteiger partial charge on any atom is 0.258 e. The molecule has 0 saturated heterocycles. The standard InChI is InChI=1S/C18H13BrFN5O/c19-13-5-14-16(8-22-17(14)21-7-13)24-18(26)12-6-23-25(10-12)9-11-3-1-2-4-15(11)20/h1-8,10H,9H2,(H,21,22)(H,24,26). The minimum atomic E-state index is -0.300. The molecule has 0 aliphatic carbocycles. The van der Waals surface area contributed by atoms with Crippen LogP contribution in [0.5, 0.6) is 0 Å². The lowest BCUT2D eigenvalue weighted by Gasteiger charge is -2.03. The first-order valence-corrected chi connectivity index (χ1v) is 8.59. The highest BCUT2D eigenvalue weighted by molar-refractivity contribution is 9.10. The highest BCUT2D eigenvalue weighted by Crippen LogP contribution is 2.25. The predicted octanol–water partition coefficient (Wildman–Crippen LogP) is 3.96. The third-order valence-corrected chi connectivity index (χ3v) is 4.37. The summed E-state index contributed by atoms with van der Waals surface area (Å²) in [6.45, 7) is 0.254. The molecule has 0 bridgehead atoms. The normalized spacial score (nSPS) is 11.0. The number of pyridine rings is 1. The first-order valence-electron chi connectivity index (χ1n) is 7.80. The van der Waals surface area contributed by atoms with Gasteiger partial charge in [-0.2, -0.15) is 5.10 Å². The lowest BCUT2D eigenvalue weighted by Crippen LogP contribution is -2.11. The molecule has 0 radical (unpaired) electrons. The van der Waals surface area contributed by atoms with Gasteiger partial charge in [0.25, 0.3) is 5.91 Å². The van der Waals surface area contributed by atoms with E-state index in [1.807, 2.05) is 6.07 Å². The van der Waals surface area contributed by atoms with Gasteiger partial charge in [0.15, 0.2) is 0 Å². The minimum Gasteiger partial charge on any atom is -0.344 e. The van der Waals surface area contributed by atoms with E-state index in [0.29, 0.717) is 22.5 Å². The summed E-state index contributed by atoms with van der Waals surface area (Å²) in [6, 6.07) is 8.35. The molecule has 0 fully saturated rings. The van der Waals surface area contributed by atoms with Crippen LogP contribution >= 0.6 is 15.9 Å². The van der Waals surface area contributed by atoms with E-state index in [4.69, 9.17) is 0 Å². The molecule has 26 heavy (non-hydrogen) atoms. The van der Waals surface area contributed by atoms with E-state index < -0.39 is 0 Å². The molecule has 0 saturated carbocycles. The Morgan fingerprint density at radius 1 is 1.31 bits per heavy atom. The summed E-state index contributed by atoms with van der Waals surface area (Å²) in [5.41, 5.74) is 2.20. The van der Waals surface area contributed by atoms with E-state index >= 15 is 0 Å². The Labute approximate surface area is 156 Å². The van der Waals surface area contributed by atoms with Gasteiger partial charge in [-0.1, -0.05) is 18.2 Å². The average Bonchev–Trinajstić information content (AvgIpc) is 3.24. The van der Waals surface area contributed by atoms with Crippen molar-refractivity contribution in [3.63, 3.8) is 0 Å². The number of aromatic nitrogens is 4. The largest absolute Gasteiger partial charge is 0.344 e. The van der Waals surface area contributed by atoms with Gasteiger partial charge in [0.05, 0.1) is 24.0 Å². The Morgan fingerprint density at radius 3 is 3.00 bits per heavy atom. The van der Waals surface area contributed by atoms with Gasteiger partial charge < -0.3 is 10.3 Å². The monoisotopic (exact) mass is 413 g/mol. The van der Waals surface area contributed by atoms with Crippen molar-refractivity contribution < 1.29 is 9.18 Å². The van der Waals surface area contributed by atoms with Crippen molar-refractivity contribution in [1.29, 1.82) is 0 Å². The number of rotatable bonds is 4. The van der Waals surface area contributed by atoms with E-state index in [0.717, 1.165) is 9.86 Å². The number of H-pyrrole nitrogens is 1. The summed E-state index contributed by atoms with van der Waals surface area (Å²) >= 11 is 3.37. The van der Waals surface area contributed by atoms with Gasteiger partial charge in [0, 0.05) is 34.0 Å². The molecule has 0 aliphatic rings. The average molecular weight is 414 g/mol. The molecule has 4 aromatic rings. The van der Waals surface area contributed by atoms with Crippen LogP contribution < -0.4 is 5.32 Å². The predicted molar refractivity (Wildman–Crippen MR) is 99.5 cm³/mol. The van der Waals surface area contributed by atoms with E-state index in [-0.39, 0.29) is 18.3 Å². The SMILES string of the molecule is O=C(Nc1c[nH]c2ncc(Br)cc12)c1cnn(Cc2ccccc2F)c1. The second-order valence-electron chi connectivity index (χ2n) is 5.72. The van der Waals surface area contributed by atoms with Crippen LogP contribution in [0.15, 0.2) is 59.6 Å². The highest BCUT2D eigenvalue weighted by Gasteiger charge is 2.13. The topological polar surface area (TPSA) is 75.6 Å². The molecule has 130 valence electrons. The van der Waals surface area contributed by atoms with Gasteiger partial charge in [0.2, 0.25) is 0 Å². The van der Waals surface area contributed by atoms with Crippen LogP contribution in [-0.2, 0) is 6.54 Å². The van der Waals surface area contributed by atoms with Crippen LogP contribution in [0.4, 0.5) is 10.1 Å². The fourth-order valence-electron chi connectivity index (χ4n) is 2.64. The van der Waals surface area contributed by atoms with Crippen molar-refractivity contribution in [2.24, 2.45) is 0 Å². The molecule has 3 aromatic heterocycles. The van der Waals surface area contributed by atoms with Crippen LogP contribution in [0.3, 0.4) is 0 Å². The number of hydrogen-bond acceptors (Lipinski definition) is 3. The molecular weight excluding hydrogens is 401 g/mol. The number of aromatic amines is 1. The third kappa shape index (κ3) is 3.23. The zero-order valence-corrected chi connectivity index (χ0v) is 15.0. The molecule has 6 nitrogen and oxygen atoms in total. The minimum absolute atomic E-state index is 0.254. The molecule has 0 unspecified atom stereocenters. The van der Waals surface area contributed by atoms with Crippen molar-refractivity contribution in [2.45, 2.75) is 6.54 Å². The number of fused-ring (bicyclic) bond motifs is 1. The van der Waals surface area contributed by atoms with E-state index in [1.54, 1.807) is 36.8 Å². The van der Waals surface area contributed by atoms with E-state index in [9.17, 15) is 9.18 Å². The smallest absolute Gasteiger partial charge is 0.258 e. The number of nitrogens with zero attached hydrogens (tertiary/aromatic N) is 3. The van der Waals surface area contributed by atoms with Crippen LogP contribution in [0.25, 0.3) is 11.0 Å². The first kappa shape index (κ1) is 16.5. The van der Waals surface area contributed by atoms with Crippen molar-refractivity contribution in [2.75, 3.05) is 5.32 Å². The van der Waals surface area contributed by atoms with Crippen LogP contribution in [0, 0.1) is 5.82 Å². The lowest BCUT2D eigenvalue weighted by atomic mass is 10.2. The molecular formula is C18H13BrFN5O. The van der Waals surface area contributed by atoms with Crippen molar-refractivity contribution in [3.05, 3.63) is 76.5 Å². The Kier molecular flexibility index (Phi) is 4.26. The van der Waals surface area contributed by atoms with Crippen LogP contribution in [-0.4, -0.2) is 25.7 Å². The van der Waals surface area contributed by atoms with Crippen molar-refractivity contribution in [3.8, 4) is 0 Å². The zero-order chi connectivity index (χ0) is 18.1. The highest BCUT2D eigenvalue weighted by atomic mass is 79.9. The number of anilines is 1. The summed E-state index contributed by atoms with van der Waals surface area (Å²) in [7, 11) is 0. The number of carbonyl (C=O) groups is 1. The van der Waals surface area contributed by atoms with Gasteiger partial charge in [0.1, 0.15) is 11.5 Å². The molecule has 3 heterocycles. The van der Waals surface area contributed by atoms with Gasteiger partial charge >= 0.3 is 0 Å². The number of carbonyl (C=O) groups excluding carboxylic acids is 1. The van der Waals surface area contributed by atoms with Gasteiger partial charge in [-0.25, -0.2) is 9.37 Å². The van der Waals surface area contributed by atoms with Crippen LogP contribution in [0.1, 0.15) is 15.9 Å². The second kappa shape index (κ2) is 6.72. The Bertz CT molecular complexity index is 1100. The lowest BCUT2D eigenvalue weighted by molar-refractivity contribution is 0.102. The maximum atomic E-state index is 13.7. The molecule has 4 rings (SSSR count). The number of halogens is 2. The third-order valence-electron chi connectivity index (χ3n) is 3.93. The number of hydrogen-bond donors (Lipinski definition) is 2. The Morgan fingerprint density at radius 2 is 2.15 bits per heavy atom. The molecule has 8 heteroatoms. The Balaban J connectivity index is 1.53. The van der Waals surface area contributed by atoms with Gasteiger partial charge in [-0.15, -0.1) is 0 Å². The fourth-order valence-corrected chi connectivity index (χ4v) is 2.98. The summed E-state index contributed by atoms with van der Waals surface area (Å²) in [6.07, 6.45) is 6.41. The van der Waals surface area contributed by atoms with E-state index in [1.165, 1.54) is 16.9 Å². The van der Waals surface area contributed by atoms with E-state index in [2.05, 4.69) is 36.3 Å². The van der Waals surface area contributed by atoms with Crippen LogP contribution in [0.2, 0.25) is 0 Å². The van der Waals surface area contributed by atoms with Crippen molar-refractivity contribution >= 4 is 38.6 Å². The maximum absolute atomic E-state index is 13.7. The number of benzene rings is 1.